The van der Waals surface area contributed by atoms with Crippen LogP contribution in [0.25, 0.3) is 66.3 Å². The van der Waals surface area contributed by atoms with Gasteiger partial charge in [0.15, 0.2) is 0 Å². The third-order valence-corrected chi connectivity index (χ3v) is 8.59. The summed E-state index contributed by atoms with van der Waals surface area (Å²) in [7, 11) is 0. The molecule has 0 saturated heterocycles. The molecule has 3 heterocycles. The minimum atomic E-state index is 0.195. The molecule has 38 heavy (non-hydrogen) atoms. The van der Waals surface area contributed by atoms with Crippen LogP contribution in [0.5, 0.6) is 0 Å². The first-order valence-corrected chi connectivity index (χ1v) is 13.3. The lowest BCUT2D eigenvalue weighted by Gasteiger charge is -2.32. The molecule has 0 bridgehead atoms. The molecule has 0 spiro atoms. The predicted molar refractivity (Wildman–Crippen MR) is 162 cm³/mol. The van der Waals surface area contributed by atoms with Gasteiger partial charge in [0, 0.05) is 32.9 Å². The second kappa shape index (κ2) is 7.37. The van der Waals surface area contributed by atoms with Gasteiger partial charge in [-0.1, -0.05) is 121 Å². The molecule has 0 aliphatic carbocycles. The van der Waals surface area contributed by atoms with Gasteiger partial charge in [0.05, 0.1) is 0 Å². The third kappa shape index (κ3) is 2.57. The molecule has 6 aromatic carbocycles. The van der Waals surface area contributed by atoms with E-state index in [1.54, 1.807) is 0 Å². The third-order valence-electron chi connectivity index (χ3n) is 8.59. The molecule has 0 atom stereocenters. The summed E-state index contributed by atoms with van der Waals surface area (Å²) >= 11 is 0. The van der Waals surface area contributed by atoms with Crippen LogP contribution < -0.4 is 10.9 Å². The zero-order valence-corrected chi connectivity index (χ0v) is 20.7. The van der Waals surface area contributed by atoms with E-state index in [9.17, 15) is 0 Å². The van der Waals surface area contributed by atoms with Crippen molar-refractivity contribution in [2.75, 3.05) is 0 Å². The molecule has 0 N–H and O–H groups in total. The summed E-state index contributed by atoms with van der Waals surface area (Å²) < 4.78 is 2.63. The van der Waals surface area contributed by atoms with Gasteiger partial charge in [0.2, 0.25) is 0 Å². The van der Waals surface area contributed by atoms with Crippen molar-refractivity contribution in [2.24, 2.45) is 0 Å². The highest BCUT2D eigenvalue weighted by Crippen LogP contribution is 2.46. The normalized spacial score (nSPS) is 12.7. The predicted octanol–water partition coefficient (Wildman–Crippen LogP) is 7.74. The summed E-state index contributed by atoms with van der Waals surface area (Å²) in [6.07, 6.45) is 0. The summed E-state index contributed by atoms with van der Waals surface area (Å²) in [6, 6.07) is 49.3. The van der Waals surface area contributed by atoms with E-state index < -0.39 is 0 Å². The van der Waals surface area contributed by atoms with E-state index in [2.05, 4.69) is 138 Å². The Kier molecular flexibility index (Phi) is 3.93. The van der Waals surface area contributed by atoms with Crippen LogP contribution in [0, 0.1) is 0 Å². The first kappa shape index (κ1) is 20.3. The fraction of sp³-hybridized carbons (Fsp3) is 0. The second-order valence-corrected chi connectivity index (χ2v) is 10.5. The van der Waals surface area contributed by atoms with Crippen LogP contribution in [0.4, 0.5) is 0 Å². The summed E-state index contributed by atoms with van der Waals surface area (Å²) in [5.41, 5.74) is 15.9. The number of fused-ring (bicyclic) bond motifs is 7. The Morgan fingerprint density at radius 2 is 0.921 bits per heavy atom. The molecule has 0 amide bonds. The van der Waals surface area contributed by atoms with Crippen molar-refractivity contribution < 1.29 is 0 Å². The van der Waals surface area contributed by atoms with Gasteiger partial charge in [-0.25, -0.2) is 0 Å². The van der Waals surface area contributed by atoms with Crippen molar-refractivity contribution in [1.82, 2.24) is 4.48 Å². The monoisotopic (exact) mass is 479 g/mol. The molecule has 1 nitrogen and oxygen atoms in total. The van der Waals surface area contributed by atoms with Gasteiger partial charge in [-0.2, -0.15) is 0 Å². The molecule has 174 valence electrons. The van der Waals surface area contributed by atoms with Crippen molar-refractivity contribution >= 4 is 39.6 Å². The smallest absolute Gasteiger partial charge is 0.329 e. The average Bonchev–Trinajstić information content (AvgIpc) is 3.33. The Labute approximate surface area is 221 Å². The number of rotatable bonds is 2. The average molecular weight is 479 g/mol. The highest BCUT2D eigenvalue weighted by Gasteiger charge is 2.38. The van der Waals surface area contributed by atoms with E-state index in [0.29, 0.717) is 0 Å². The van der Waals surface area contributed by atoms with Gasteiger partial charge in [-0.3, -0.25) is 0 Å². The van der Waals surface area contributed by atoms with Crippen LogP contribution in [0.2, 0.25) is 0 Å². The van der Waals surface area contributed by atoms with Crippen LogP contribution in [-0.4, -0.2) is 11.3 Å². The SMILES string of the molecule is c1ccc(-c2ccc(-c3cc4c5c(c3)c3cccc6c3n5B(c3ccccc3-6)c3ccccc3-4)cc2)cc1. The van der Waals surface area contributed by atoms with E-state index in [-0.39, 0.29) is 6.85 Å². The standard InChI is InChI=1S/C36H22BN/c1-2-9-23(10-3-1)24-17-19-25(20-18-24)26-21-31-28-12-5-7-16-34(28)37-33-15-6-4-11-27(33)29-13-8-14-30-32(22-26)36(31)38(37)35(29)30/h1-22H. The molecule has 0 saturated carbocycles. The maximum Gasteiger partial charge on any atom is 0.329 e. The minimum Gasteiger partial charge on any atom is -0.375 e. The highest BCUT2D eigenvalue weighted by atomic mass is 14.9. The quantitative estimate of drug-likeness (QED) is 0.224. The molecule has 0 unspecified atom stereocenters. The number of nitrogens with zero attached hydrogens (tertiary/aromatic N) is 1. The van der Waals surface area contributed by atoms with E-state index >= 15 is 0 Å². The van der Waals surface area contributed by atoms with Gasteiger partial charge >= 0.3 is 6.85 Å². The van der Waals surface area contributed by atoms with Crippen LogP contribution in [0.15, 0.2) is 133 Å². The van der Waals surface area contributed by atoms with E-state index in [0.717, 1.165) is 0 Å². The number of aromatic nitrogens is 1. The van der Waals surface area contributed by atoms with Crippen molar-refractivity contribution in [3.05, 3.63) is 133 Å². The van der Waals surface area contributed by atoms with Crippen molar-refractivity contribution in [3.8, 4) is 44.5 Å². The molecule has 0 fully saturated rings. The topological polar surface area (TPSA) is 4.93 Å². The number of hydrogen-bond acceptors (Lipinski definition) is 0. The number of hydrogen-bond donors (Lipinski definition) is 0. The summed E-state index contributed by atoms with van der Waals surface area (Å²) in [5, 5.41) is 2.68. The first-order chi connectivity index (χ1) is 18.9. The fourth-order valence-corrected chi connectivity index (χ4v) is 6.97. The van der Waals surface area contributed by atoms with Crippen molar-refractivity contribution in [1.29, 1.82) is 0 Å². The molecule has 0 radical (unpaired) electrons. The molecule has 2 aliphatic heterocycles. The lowest BCUT2D eigenvalue weighted by atomic mass is 9.45. The van der Waals surface area contributed by atoms with Crippen LogP contribution in [0.1, 0.15) is 0 Å². The highest BCUT2D eigenvalue weighted by molar-refractivity contribution is 6.88. The fourth-order valence-electron chi connectivity index (χ4n) is 6.97. The van der Waals surface area contributed by atoms with Crippen molar-refractivity contribution in [2.45, 2.75) is 0 Å². The Morgan fingerprint density at radius 3 is 1.66 bits per heavy atom. The Morgan fingerprint density at radius 1 is 0.368 bits per heavy atom. The van der Waals surface area contributed by atoms with Crippen LogP contribution in [-0.2, 0) is 0 Å². The molecule has 2 heteroatoms. The summed E-state index contributed by atoms with van der Waals surface area (Å²) in [4.78, 5) is 0. The zero-order valence-electron chi connectivity index (χ0n) is 20.7. The van der Waals surface area contributed by atoms with Crippen LogP contribution in [0.3, 0.4) is 0 Å². The first-order valence-electron chi connectivity index (χ1n) is 13.3. The van der Waals surface area contributed by atoms with Crippen molar-refractivity contribution in [3.63, 3.8) is 0 Å². The van der Waals surface area contributed by atoms with E-state index in [1.165, 1.54) is 77.2 Å². The lowest BCUT2D eigenvalue weighted by Crippen LogP contribution is -2.53. The molecular formula is C36H22BN. The van der Waals surface area contributed by atoms with Gasteiger partial charge < -0.3 is 4.48 Å². The van der Waals surface area contributed by atoms with Gasteiger partial charge in [-0.15, -0.1) is 0 Å². The lowest BCUT2D eigenvalue weighted by molar-refractivity contribution is 1.31. The molecule has 2 aliphatic rings. The Hall–Kier alpha value is -4.82. The molecule has 7 aromatic rings. The Bertz CT molecular complexity index is 2070. The summed E-state index contributed by atoms with van der Waals surface area (Å²) in [6.45, 7) is 0.195. The Balaban J connectivity index is 1.36. The zero-order chi connectivity index (χ0) is 24.8. The van der Waals surface area contributed by atoms with Crippen LogP contribution >= 0.6 is 0 Å². The van der Waals surface area contributed by atoms with Gasteiger partial charge in [-0.05, 0) is 56.4 Å². The maximum atomic E-state index is 2.63. The second-order valence-electron chi connectivity index (χ2n) is 10.5. The maximum absolute atomic E-state index is 2.63. The number of para-hydroxylation sites is 1. The van der Waals surface area contributed by atoms with E-state index in [1.807, 2.05) is 0 Å². The van der Waals surface area contributed by atoms with Gasteiger partial charge in [0.1, 0.15) is 0 Å². The molecular weight excluding hydrogens is 457 g/mol. The minimum absolute atomic E-state index is 0.195. The summed E-state index contributed by atoms with van der Waals surface area (Å²) in [5.74, 6) is 0. The molecule has 1 aromatic heterocycles. The van der Waals surface area contributed by atoms with E-state index in [4.69, 9.17) is 0 Å². The van der Waals surface area contributed by atoms with Gasteiger partial charge in [0.25, 0.3) is 0 Å². The largest absolute Gasteiger partial charge is 0.375 e. The molecule has 9 rings (SSSR count). The number of benzene rings is 6.